The van der Waals surface area contributed by atoms with Gasteiger partial charge in [0.2, 0.25) is 5.95 Å². The van der Waals surface area contributed by atoms with Crippen LogP contribution in [0.2, 0.25) is 0 Å². The number of aryl methyl sites for hydroxylation is 1. The van der Waals surface area contributed by atoms with Gasteiger partial charge >= 0.3 is 11.4 Å². The molecule has 3 atom stereocenters. The van der Waals surface area contributed by atoms with E-state index in [-0.39, 0.29) is 37.4 Å². The lowest BCUT2D eigenvalue weighted by atomic mass is 10.1. The van der Waals surface area contributed by atoms with Gasteiger partial charge in [-0.1, -0.05) is 12.1 Å². The van der Waals surface area contributed by atoms with E-state index >= 15 is 0 Å². The number of H-pyrrole nitrogens is 1. The van der Waals surface area contributed by atoms with E-state index in [0.29, 0.717) is 5.56 Å². The van der Waals surface area contributed by atoms with Gasteiger partial charge in [-0.15, -0.1) is 0 Å². The fourth-order valence-corrected chi connectivity index (χ4v) is 3.00. The summed E-state index contributed by atoms with van der Waals surface area (Å²) in [6.45, 7) is 3.55. The highest BCUT2D eigenvalue weighted by molar-refractivity contribution is 5.33. The zero-order valence-electron chi connectivity index (χ0n) is 14.5. The molecule has 3 rings (SSSR count). The molecular formula is C17H20F2N4O3. The van der Waals surface area contributed by atoms with E-state index in [4.69, 9.17) is 4.74 Å². The van der Waals surface area contributed by atoms with Crippen LogP contribution in [0.1, 0.15) is 36.6 Å². The van der Waals surface area contributed by atoms with Crippen molar-refractivity contribution in [3.63, 3.8) is 0 Å². The van der Waals surface area contributed by atoms with Crippen molar-refractivity contribution in [2.24, 2.45) is 0 Å². The molecule has 140 valence electrons. The van der Waals surface area contributed by atoms with E-state index in [0.717, 1.165) is 10.1 Å². The minimum Gasteiger partial charge on any atom is -0.378 e. The second kappa shape index (κ2) is 7.36. The van der Waals surface area contributed by atoms with Crippen LogP contribution in [-0.2, 0) is 4.74 Å². The molecule has 2 N–H and O–H groups in total. The van der Waals surface area contributed by atoms with Crippen LogP contribution in [0.4, 0.5) is 14.7 Å². The summed E-state index contributed by atoms with van der Waals surface area (Å²) >= 11 is 0. The predicted octanol–water partition coefficient (Wildman–Crippen LogP) is 1.85. The third-order valence-corrected chi connectivity index (χ3v) is 4.48. The first-order valence-electron chi connectivity index (χ1n) is 8.34. The number of ether oxygens (including phenoxy) is 1. The minimum atomic E-state index is -1.44. The first kappa shape index (κ1) is 18.2. The lowest BCUT2D eigenvalue weighted by Crippen LogP contribution is -2.46. The number of nitrogens with one attached hydrogen (secondary N) is 2. The summed E-state index contributed by atoms with van der Waals surface area (Å²) in [4.78, 5) is 30.8. The van der Waals surface area contributed by atoms with Crippen molar-refractivity contribution in [2.75, 3.05) is 18.5 Å². The van der Waals surface area contributed by atoms with Crippen LogP contribution in [0.15, 0.2) is 27.8 Å². The molecule has 0 aliphatic carbocycles. The van der Waals surface area contributed by atoms with Crippen molar-refractivity contribution in [3.05, 3.63) is 56.1 Å². The van der Waals surface area contributed by atoms with Crippen LogP contribution in [0.3, 0.4) is 0 Å². The average molecular weight is 366 g/mol. The SMILES string of the molecule is Cc1cc([C@H](C)Nc2nc(=O)n([C@@H]3CCOC[C@@H]3F)c(=O)[nH]2)ccc1F. The molecule has 0 radical (unpaired) electrons. The fourth-order valence-electron chi connectivity index (χ4n) is 3.00. The van der Waals surface area contributed by atoms with Gasteiger partial charge in [-0.2, -0.15) is 4.98 Å². The smallest absolute Gasteiger partial charge is 0.355 e. The van der Waals surface area contributed by atoms with Crippen molar-refractivity contribution < 1.29 is 13.5 Å². The Morgan fingerprint density at radius 3 is 2.85 bits per heavy atom. The third kappa shape index (κ3) is 3.67. The summed E-state index contributed by atoms with van der Waals surface area (Å²) in [5.41, 5.74) is -0.302. The Morgan fingerprint density at radius 1 is 1.42 bits per heavy atom. The highest BCUT2D eigenvalue weighted by Gasteiger charge is 2.30. The summed E-state index contributed by atoms with van der Waals surface area (Å²) < 4.78 is 33.2. The molecular weight excluding hydrogens is 346 g/mol. The van der Waals surface area contributed by atoms with Crippen molar-refractivity contribution in [1.29, 1.82) is 0 Å². The van der Waals surface area contributed by atoms with Gasteiger partial charge < -0.3 is 10.1 Å². The molecule has 7 nitrogen and oxygen atoms in total. The summed E-state index contributed by atoms with van der Waals surface area (Å²) in [5, 5.41) is 2.91. The fraction of sp³-hybridized carbons (Fsp3) is 0.471. The van der Waals surface area contributed by atoms with Crippen LogP contribution in [0, 0.1) is 12.7 Å². The Bertz CT molecular complexity index is 880. The zero-order chi connectivity index (χ0) is 18.8. The number of aromatic nitrogens is 3. The normalized spacial score (nSPS) is 21.4. The van der Waals surface area contributed by atoms with Crippen LogP contribution in [-0.4, -0.2) is 33.9 Å². The monoisotopic (exact) mass is 366 g/mol. The molecule has 26 heavy (non-hydrogen) atoms. The minimum absolute atomic E-state index is 0.0202. The second-order valence-corrected chi connectivity index (χ2v) is 6.36. The molecule has 0 unspecified atom stereocenters. The third-order valence-electron chi connectivity index (χ3n) is 4.48. The molecule has 0 amide bonds. The first-order chi connectivity index (χ1) is 12.4. The Labute approximate surface area is 148 Å². The van der Waals surface area contributed by atoms with E-state index in [2.05, 4.69) is 15.3 Å². The Morgan fingerprint density at radius 2 is 2.19 bits per heavy atom. The number of nitrogens with zero attached hydrogens (tertiary/aromatic N) is 2. The van der Waals surface area contributed by atoms with Crippen LogP contribution in [0.5, 0.6) is 0 Å². The lowest BCUT2D eigenvalue weighted by molar-refractivity contribution is 0.000716. The van der Waals surface area contributed by atoms with E-state index in [1.165, 1.54) is 6.07 Å². The van der Waals surface area contributed by atoms with Crippen LogP contribution >= 0.6 is 0 Å². The average Bonchev–Trinajstić information content (AvgIpc) is 2.58. The quantitative estimate of drug-likeness (QED) is 0.862. The lowest BCUT2D eigenvalue weighted by Gasteiger charge is -2.26. The van der Waals surface area contributed by atoms with Gasteiger partial charge in [0, 0.05) is 6.61 Å². The van der Waals surface area contributed by atoms with Crippen molar-refractivity contribution in [3.8, 4) is 0 Å². The van der Waals surface area contributed by atoms with Gasteiger partial charge in [0.25, 0.3) is 0 Å². The van der Waals surface area contributed by atoms with Crippen molar-refractivity contribution in [1.82, 2.24) is 14.5 Å². The van der Waals surface area contributed by atoms with E-state index < -0.39 is 23.6 Å². The van der Waals surface area contributed by atoms with Crippen molar-refractivity contribution in [2.45, 2.75) is 38.5 Å². The van der Waals surface area contributed by atoms with E-state index in [9.17, 15) is 18.4 Å². The molecule has 0 spiro atoms. The number of anilines is 1. The molecule has 0 bridgehead atoms. The maximum absolute atomic E-state index is 14.0. The maximum Gasteiger partial charge on any atom is 0.355 e. The van der Waals surface area contributed by atoms with Gasteiger partial charge in [-0.05, 0) is 37.5 Å². The van der Waals surface area contributed by atoms with Crippen LogP contribution in [0.25, 0.3) is 0 Å². The Kier molecular flexibility index (Phi) is 5.17. The van der Waals surface area contributed by atoms with E-state index in [1.54, 1.807) is 26.0 Å². The predicted molar refractivity (Wildman–Crippen MR) is 91.7 cm³/mol. The highest BCUT2D eigenvalue weighted by atomic mass is 19.1. The van der Waals surface area contributed by atoms with Gasteiger partial charge in [0.05, 0.1) is 18.7 Å². The Hall–Kier alpha value is -2.55. The van der Waals surface area contributed by atoms with E-state index in [1.807, 2.05) is 0 Å². The molecule has 1 fully saturated rings. The molecule has 2 heterocycles. The second-order valence-electron chi connectivity index (χ2n) is 6.36. The van der Waals surface area contributed by atoms with Gasteiger partial charge in [-0.3, -0.25) is 4.98 Å². The molecule has 0 saturated carbocycles. The summed E-state index contributed by atoms with van der Waals surface area (Å²) in [6, 6.07) is 3.41. The largest absolute Gasteiger partial charge is 0.378 e. The van der Waals surface area contributed by atoms with Gasteiger partial charge in [0.1, 0.15) is 12.0 Å². The molecule has 1 aliphatic heterocycles. The number of rotatable bonds is 4. The summed E-state index contributed by atoms with van der Waals surface area (Å²) in [7, 11) is 0. The number of halogens is 2. The number of aromatic amines is 1. The zero-order valence-corrected chi connectivity index (χ0v) is 14.5. The molecule has 1 saturated heterocycles. The van der Waals surface area contributed by atoms with Crippen molar-refractivity contribution >= 4 is 5.95 Å². The molecule has 2 aromatic rings. The number of benzene rings is 1. The topological polar surface area (TPSA) is 89.0 Å². The standard InChI is InChI=1S/C17H20F2N4O3/c1-9-7-11(3-4-12(9)18)10(2)20-15-21-16(24)23(17(25)22-15)14-5-6-26-8-13(14)19/h3-4,7,10,13-14H,5-6,8H2,1-2H3,(H2,20,21,22,24,25)/t10-,13-,14+/m0/s1. The highest BCUT2D eigenvalue weighted by Crippen LogP contribution is 2.22. The van der Waals surface area contributed by atoms with Gasteiger partial charge in [0.15, 0.2) is 0 Å². The first-order valence-corrected chi connectivity index (χ1v) is 8.34. The van der Waals surface area contributed by atoms with Crippen LogP contribution < -0.4 is 16.7 Å². The number of hydrogen-bond donors (Lipinski definition) is 2. The molecule has 1 aromatic heterocycles. The number of hydrogen-bond acceptors (Lipinski definition) is 5. The molecule has 1 aromatic carbocycles. The number of alkyl halides is 1. The summed E-state index contributed by atoms with van der Waals surface area (Å²) in [5.74, 6) is -0.333. The Balaban J connectivity index is 1.84. The maximum atomic E-state index is 14.0. The molecule has 9 heteroatoms. The summed E-state index contributed by atoms with van der Waals surface area (Å²) in [6.07, 6.45) is -1.21. The van der Waals surface area contributed by atoms with Gasteiger partial charge in [-0.25, -0.2) is 22.9 Å². The molecule has 1 aliphatic rings.